The third-order valence-corrected chi connectivity index (χ3v) is 7.10. The number of rotatable bonds is 6. The van der Waals surface area contributed by atoms with Gasteiger partial charge in [-0.1, -0.05) is 13.3 Å². The molecule has 0 bridgehead atoms. The van der Waals surface area contributed by atoms with Crippen molar-refractivity contribution in [1.82, 2.24) is 4.98 Å². The molecule has 2 heterocycles. The Morgan fingerprint density at radius 3 is 2.62 bits per heavy atom. The van der Waals surface area contributed by atoms with E-state index in [0.29, 0.717) is 6.04 Å². The normalized spacial score (nSPS) is 19.4. The van der Waals surface area contributed by atoms with Crippen LogP contribution >= 0.6 is 11.8 Å². The Morgan fingerprint density at radius 1 is 1.14 bits per heavy atom. The zero-order valence-corrected chi connectivity index (χ0v) is 18.7. The number of hydrogen-bond donors (Lipinski definition) is 2. The van der Waals surface area contributed by atoms with E-state index >= 15 is 0 Å². The molecule has 0 aliphatic heterocycles. The van der Waals surface area contributed by atoms with Gasteiger partial charge in [0.25, 0.3) is 0 Å². The molecule has 0 spiro atoms. The van der Waals surface area contributed by atoms with Crippen LogP contribution in [-0.4, -0.2) is 24.4 Å². The molecule has 3 aromatic rings. The zero-order valence-electron chi connectivity index (χ0n) is 17.9. The van der Waals surface area contributed by atoms with Crippen LogP contribution in [0.15, 0.2) is 41.4 Å². The summed E-state index contributed by atoms with van der Waals surface area (Å²) in [4.78, 5) is 10.2. The first-order valence-electron chi connectivity index (χ1n) is 10.7. The van der Waals surface area contributed by atoms with Crippen molar-refractivity contribution in [2.24, 2.45) is 5.92 Å². The Bertz CT molecular complexity index is 989. The maximum absolute atomic E-state index is 5.59. The second-order valence-electron chi connectivity index (χ2n) is 8.10. The topological polar surface area (TPSA) is 40.9 Å². The molecule has 0 atom stereocenters. The van der Waals surface area contributed by atoms with E-state index in [1.54, 1.807) is 18.9 Å². The van der Waals surface area contributed by atoms with Gasteiger partial charge < -0.3 is 10.2 Å². The van der Waals surface area contributed by atoms with Crippen molar-refractivity contribution in [2.75, 3.05) is 18.7 Å². The molecular formula is C24H32N3OS+. The summed E-state index contributed by atoms with van der Waals surface area (Å²) in [7, 11) is 1.71. The minimum absolute atomic E-state index is 0.562. The van der Waals surface area contributed by atoms with Gasteiger partial charge in [-0.15, -0.1) is 11.8 Å². The zero-order chi connectivity index (χ0) is 20.4. The van der Waals surface area contributed by atoms with Gasteiger partial charge in [-0.25, -0.2) is 4.98 Å². The molecule has 29 heavy (non-hydrogen) atoms. The lowest BCUT2D eigenvalue weighted by molar-refractivity contribution is -0.870. The molecule has 1 saturated carbocycles. The Kier molecular flexibility index (Phi) is 6.04. The first-order chi connectivity index (χ1) is 14.1. The highest BCUT2D eigenvalue weighted by molar-refractivity contribution is 7.98. The number of hydrogen-bond acceptors (Lipinski definition) is 3. The second kappa shape index (κ2) is 8.70. The molecule has 1 aliphatic rings. The van der Waals surface area contributed by atoms with Crippen LogP contribution in [0.25, 0.3) is 22.2 Å². The first-order valence-corrected chi connectivity index (χ1v) is 11.9. The summed E-state index contributed by atoms with van der Waals surface area (Å²) in [6, 6.07) is 11.8. The number of aromatic amines is 1. The standard InChI is InChI=1S/C24H31N3OS/c1-5-17-6-8-18(9-7-17)26-23-11-10-19(29-4)15-22(23)21-14-16(2)27(28-3)24-20(21)12-13-25-24/h10-15,17-18H,5-9H2,1-4H3,(H,25,26)/p+1. The summed E-state index contributed by atoms with van der Waals surface area (Å²) in [5.74, 6) is 0.909. The van der Waals surface area contributed by atoms with Gasteiger partial charge in [0.1, 0.15) is 12.8 Å². The fourth-order valence-corrected chi connectivity index (χ4v) is 5.10. The van der Waals surface area contributed by atoms with E-state index in [-0.39, 0.29) is 0 Å². The monoisotopic (exact) mass is 410 g/mol. The SMILES string of the molecule is CCC1CCC(Nc2ccc(SC)cc2-c2cc(C)[n+](OC)c3[nH]ccc23)CC1. The number of thioether (sulfide) groups is 1. The van der Waals surface area contributed by atoms with E-state index in [4.69, 9.17) is 4.84 Å². The number of anilines is 1. The number of nitrogens with zero attached hydrogens (tertiary/aromatic N) is 1. The van der Waals surface area contributed by atoms with Crippen LogP contribution in [0, 0.1) is 12.8 Å². The predicted molar refractivity (Wildman–Crippen MR) is 123 cm³/mol. The summed E-state index contributed by atoms with van der Waals surface area (Å²) in [5.41, 5.74) is 5.81. The van der Waals surface area contributed by atoms with Crippen molar-refractivity contribution in [2.45, 2.75) is 56.9 Å². The molecule has 5 heteroatoms. The smallest absolute Gasteiger partial charge is 0.326 e. The number of H-pyrrole nitrogens is 1. The van der Waals surface area contributed by atoms with Gasteiger partial charge in [0.2, 0.25) is 0 Å². The van der Waals surface area contributed by atoms with Crippen molar-refractivity contribution in [1.29, 1.82) is 0 Å². The molecule has 0 amide bonds. The van der Waals surface area contributed by atoms with E-state index in [1.807, 2.05) is 10.9 Å². The maximum atomic E-state index is 5.59. The van der Waals surface area contributed by atoms with Gasteiger partial charge in [0.15, 0.2) is 0 Å². The van der Waals surface area contributed by atoms with Gasteiger partial charge in [0, 0.05) is 34.7 Å². The summed E-state index contributed by atoms with van der Waals surface area (Å²) in [5, 5.41) is 5.07. The molecule has 2 aromatic heterocycles. The lowest BCUT2D eigenvalue weighted by atomic mass is 9.84. The van der Waals surface area contributed by atoms with E-state index in [9.17, 15) is 0 Å². The van der Waals surface area contributed by atoms with Crippen molar-refractivity contribution in [3.05, 3.63) is 42.2 Å². The number of aryl methyl sites for hydroxylation is 1. The highest BCUT2D eigenvalue weighted by Crippen LogP contribution is 2.37. The van der Waals surface area contributed by atoms with Gasteiger partial charge in [-0.3, -0.25) is 0 Å². The predicted octanol–water partition coefficient (Wildman–Crippen LogP) is 5.59. The second-order valence-corrected chi connectivity index (χ2v) is 8.98. The Balaban J connectivity index is 1.76. The average molecular weight is 411 g/mol. The van der Waals surface area contributed by atoms with E-state index in [2.05, 4.69) is 60.7 Å². The van der Waals surface area contributed by atoms with Crippen LogP contribution in [0.3, 0.4) is 0 Å². The Labute approximate surface area is 178 Å². The lowest BCUT2D eigenvalue weighted by Crippen LogP contribution is -2.44. The van der Waals surface area contributed by atoms with E-state index in [1.165, 1.54) is 59.2 Å². The summed E-state index contributed by atoms with van der Waals surface area (Å²) >= 11 is 1.79. The number of aromatic nitrogens is 2. The molecule has 4 nitrogen and oxygen atoms in total. The molecule has 154 valence electrons. The largest absolute Gasteiger partial charge is 0.382 e. The third-order valence-electron chi connectivity index (χ3n) is 6.38. The van der Waals surface area contributed by atoms with Gasteiger partial charge >= 0.3 is 5.65 Å². The van der Waals surface area contributed by atoms with E-state index in [0.717, 1.165) is 17.3 Å². The molecule has 1 fully saturated rings. The molecule has 0 radical (unpaired) electrons. The molecule has 0 saturated heterocycles. The molecule has 1 aliphatic carbocycles. The van der Waals surface area contributed by atoms with Crippen molar-refractivity contribution < 1.29 is 9.57 Å². The van der Waals surface area contributed by atoms with Gasteiger partial charge in [0.05, 0.1) is 11.6 Å². The molecule has 2 N–H and O–H groups in total. The van der Waals surface area contributed by atoms with Crippen molar-refractivity contribution >= 4 is 28.5 Å². The molecule has 1 aromatic carbocycles. The Hall–Kier alpha value is -2.14. The number of nitrogens with one attached hydrogen (secondary N) is 2. The summed E-state index contributed by atoms with van der Waals surface area (Å²) in [6.45, 7) is 4.41. The minimum Gasteiger partial charge on any atom is -0.382 e. The number of pyridine rings is 1. The minimum atomic E-state index is 0.562. The van der Waals surface area contributed by atoms with Crippen LogP contribution in [0.2, 0.25) is 0 Å². The highest BCUT2D eigenvalue weighted by atomic mass is 32.2. The van der Waals surface area contributed by atoms with Crippen LogP contribution in [-0.2, 0) is 0 Å². The quantitative estimate of drug-likeness (QED) is 0.411. The fraction of sp³-hybridized carbons (Fsp3) is 0.458. The number of benzene rings is 1. The third kappa shape index (κ3) is 3.97. The highest BCUT2D eigenvalue weighted by Gasteiger charge is 2.23. The molecule has 4 rings (SSSR count). The van der Waals surface area contributed by atoms with Crippen LogP contribution in [0.5, 0.6) is 0 Å². The van der Waals surface area contributed by atoms with E-state index < -0.39 is 0 Å². The average Bonchev–Trinajstić information content (AvgIpc) is 3.24. The van der Waals surface area contributed by atoms with Gasteiger partial charge in [-0.2, -0.15) is 0 Å². The fourth-order valence-electron chi connectivity index (χ4n) is 4.66. The molecule has 0 unspecified atom stereocenters. The first kappa shape index (κ1) is 20.1. The van der Waals surface area contributed by atoms with Crippen LogP contribution in [0.4, 0.5) is 5.69 Å². The van der Waals surface area contributed by atoms with Crippen molar-refractivity contribution in [3.63, 3.8) is 0 Å². The summed E-state index contributed by atoms with van der Waals surface area (Å²) < 4.78 is 1.86. The number of fused-ring (bicyclic) bond motifs is 1. The van der Waals surface area contributed by atoms with Crippen LogP contribution in [0.1, 0.15) is 44.7 Å². The molecular weight excluding hydrogens is 378 g/mol. The maximum Gasteiger partial charge on any atom is 0.326 e. The summed E-state index contributed by atoms with van der Waals surface area (Å²) in [6.07, 6.45) is 10.6. The van der Waals surface area contributed by atoms with Gasteiger partial charge in [-0.05, 0) is 72.9 Å². The lowest BCUT2D eigenvalue weighted by Gasteiger charge is -2.30. The van der Waals surface area contributed by atoms with Crippen molar-refractivity contribution in [3.8, 4) is 11.1 Å². The Morgan fingerprint density at radius 2 is 1.93 bits per heavy atom. The van der Waals surface area contributed by atoms with Crippen LogP contribution < -0.4 is 14.9 Å².